The van der Waals surface area contributed by atoms with Gasteiger partial charge in [0.1, 0.15) is 0 Å². The van der Waals surface area contributed by atoms with Crippen LogP contribution in [0.4, 0.5) is 0 Å². The molecular weight excluding hydrogens is 214 g/mol. The van der Waals surface area contributed by atoms with Crippen molar-refractivity contribution < 1.29 is 4.74 Å². The van der Waals surface area contributed by atoms with Gasteiger partial charge in [0.15, 0.2) is 0 Å². The van der Waals surface area contributed by atoms with Gasteiger partial charge in [0, 0.05) is 19.2 Å². The number of nitrogens with zero attached hydrogens (tertiary/aromatic N) is 1. The highest BCUT2D eigenvalue weighted by Gasteiger charge is 2.13. The van der Waals surface area contributed by atoms with Crippen LogP contribution in [-0.4, -0.2) is 64.4 Å². The fourth-order valence-electron chi connectivity index (χ4n) is 2.40. The van der Waals surface area contributed by atoms with Crippen molar-refractivity contribution in [1.82, 2.24) is 15.5 Å². The molecule has 0 aromatic rings. The molecule has 2 saturated heterocycles. The fraction of sp³-hybridized carbons (Fsp3) is 1.00. The van der Waals surface area contributed by atoms with Gasteiger partial charge in [-0.15, -0.1) is 0 Å². The van der Waals surface area contributed by atoms with E-state index in [9.17, 15) is 0 Å². The zero-order valence-corrected chi connectivity index (χ0v) is 11.7. The summed E-state index contributed by atoms with van der Waals surface area (Å²) in [4.78, 5) is 2.38. The third-order valence-corrected chi connectivity index (χ3v) is 3.66. The van der Waals surface area contributed by atoms with E-state index in [1.807, 2.05) is 0 Å². The molecule has 1 atom stereocenters. The third kappa shape index (κ3) is 6.36. The molecule has 0 aromatic carbocycles. The van der Waals surface area contributed by atoms with Gasteiger partial charge in [0.05, 0.1) is 6.61 Å². The number of methoxy groups -OCH3 is 1. The highest BCUT2D eigenvalue weighted by molar-refractivity contribution is 4.73. The van der Waals surface area contributed by atoms with Crippen LogP contribution in [0.25, 0.3) is 0 Å². The fourth-order valence-corrected chi connectivity index (χ4v) is 2.40. The summed E-state index contributed by atoms with van der Waals surface area (Å²) in [7, 11) is 5.99. The van der Waals surface area contributed by atoms with E-state index >= 15 is 0 Å². The summed E-state index contributed by atoms with van der Waals surface area (Å²) < 4.78 is 4.96. The number of likely N-dealkylation sites (tertiary alicyclic amines) is 1. The van der Waals surface area contributed by atoms with Gasteiger partial charge in [0.25, 0.3) is 0 Å². The lowest BCUT2D eigenvalue weighted by molar-refractivity contribution is 0.173. The van der Waals surface area contributed by atoms with Gasteiger partial charge in [0.2, 0.25) is 0 Å². The molecule has 0 aromatic heterocycles. The molecule has 2 heterocycles. The van der Waals surface area contributed by atoms with E-state index in [4.69, 9.17) is 4.74 Å². The Kier molecular flexibility index (Phi) is 7.77. The Balaban J connectivity index is 0.000000171. The number of rotatable bonds is 3. The number of hydrogen-bond acceptors (Lipinski definition) is 4. The molecule has 2 fully saturated rings. The van der Waals surface area contributed by atoms with E-state index in [2.05, 4.69) is 29.6 Å². The van der Waals surface area contributed by atoms with Crippen LogP contribution in [0.2, 0.25) is 0 Å². The largest absolute Gasteiger partial charge is 0.383 e. The molecule has 2 aliphatic heterocycles. The normalized spacial score (nSPS) is 26.6. The summed E-state index contributed by atoms with van der Waals surface area (Å²) in [6, 6.07) is 1.42. The minimum absolute atomic E-state index is 0.639. The van der Waals surface area contributed by atoms with Crippen LogP contribution in [0.1, 0.15) is 25.7 Å². The molecule has 0 aliphatic carbocycles. The first kappa shape index (κ1) is 14.9. The Hall–Kier alpha value is -0.160. The lowest BCUT2D eigenvalue weighted by atomic mass is 10.1. The molecule has 2 rings (SSSR count). The molecule has 102 valence electrons. The summed E-state index contributed by atoms with van der Waals surface area (Å²) in [5.41, 5.74) is 0. The van der Waals surface area contributed by atoms with Gasteiger partial charge < -0.3 is 20.3 Å². The first-order valence-corrected chi connectivity index (χ1v) is 6.84. The predicted molar refractivity (Wildman–Crippen MR) is 72.5 cm³/mol. The summed E-state index contributed by atoms with van der Waals surface area (Å²) in [6.07, 6.45) is 5.22. The van der Waals surface area contributed by atoms with Crippen LogP contribution in [0.5, 0.6) is 0 Å². The Bertz CT molecular complexity index is 176. The van der Waals surface area contributed by atoms with Crippen LogP contribution >= 0.6 is 0 Å². The Morgan fingerprint density at radius 3 is 2.47 bits per heavy atom. The van der Waals surface area contributed by atoms with Crippen LogP contribution in [-0.2, 0) is 4.74 Å². The van der Waals surface area contributed by atoms with Crippen molar-refractivity contribution in [3.63, 3.8) is 0 Å². The molecule has 1 unspecified atom stereocenters. The van der Waals surface area contributed by atoms with Gasteiger partial charge in [-0.2, -0.15) is 0 Å². The van der Waals surface area contributed by atoms with E-state index in [0.29, 0.717) is 6.04 Å². The maximum atomic E-state index is 4.96. The second-order valence-corrected chi connectivity index (χ2v) is 5.11. The molecule has 0 bridgehead atoms. The molecule has 0 radical (unpaired) electrons. The van der Waals surface area contributed by atoms with Gasteiger partial charge in [-0.25, -0.2) is 0 Å². The average molecular weight is 243 g/mol. The van der Waals surface area contributed by atoms with E-state index in [1.54, 1.807) is 7.11 Å². The SMILES string of the molecule is CNC1CCN(C)CC1.COCC1CCCN1. The van der Waals surface area contributed by atoms with Gasteiger partial charge in [-0.3, -0.25) is 0 Å². The summed E-state index contributed by atoms with van der Waals surface area (Å²) in [6.45, 7) is 4.56. The van der Waals surface area contributed by atoms with Gasteiger partial charge in [-0.05, 0) is 59.4 Å². The monoisotopic (exact) mass is 243 g/mol. The maximum Gasteiger partial charge on any atom is 0.0615 e. The van der Waals surface area contributed by atoms with E-state index in [0.717, 1.165) is 12.6 Å². The van der Waals surface area contributed by atoms with Gasteiger partial charge >= 0.3 is 0 Å². The molecule has 0 amide bonds. The van der Waals surface area contributed by atoms with Gasteiger partial charge in [-0.1, -0.05) is 0 Å². The lowest BCUT2D eigenvalue weighted by Crippen LogP contribution is -2.39. The summed E-state index contributed by atoms with van der Waals surface area (Å²) in [5.74, 6) is 0. The second kappa shape index (κ2) is 8.86. The predicted octanol–water partition coefficient (Wildman–Crippen LogP) is 0.685. The summed E-state index contributed by atoms with van der Waals surface area (Å²) in [5, 5.41) is 6.63. The molecule has 0 saturated carbocycles. The quantitative estimate of drug-likeness (QED) is 0.764. The van der Waals surface area contributed by atoms with Crippen LogP contribution in [0.15, 0.2) is 0 Å². The van der Waals surface area contributed by atoms with E-state index in [1.165, 1.54) is 45.3 Å². The third-order valence-electron chi connectivity index (χ3n) is 3.66. The van der Waals surface area contributed by atoms with Crippen LogP contribution in [0.3, 0.4) is 0 Å². The van der Waals surface area contributed by atoms with Crippen molar-refractivity contribution >= 4 is 0 Å². The van der Waals surface area contributed by atoms with Crippen molar-refractivity contribution in [1.29, 1.82) is 0 Å². The Morgan fingerprint density at radius 1 is 1.29 bits per heavy atom. The number of ether oxygens (including phenoxy) is 1. The molecule has 2 aliphatic rings. The van der Waals surface area contributed by atoms with Crippen molar-refractivity contribution in [3.05, 3.63) is 0 Å². The molecule has 0 spiro atoms. The standard InChI is InChI=1S/C7H16N2.C6H13NO/c1-8-7-3-5-9(2)6-4-7;1-8-5-6-3-2-4-7-6/h7-8H,3-6H2,1-2H3;6-7H,2-5H2,1H3. The minimum atomic E-state index is 0.639. The van der Waals surface area contributed by atoms with E-state index in [-0.39, 0.29) is 0 Å². The lowest BCUT2D eigenvalue weighted by Gasteiger charge is -2.28. The number of nitrogens with one attached hydrogen (secondary N) is 2. The minimum Gasteiger partial charge on any atom is -0.383 e. The van der Waals surface area contributed by atoms with Crippen molar-refractivity contribution in [3.8, 4) is 0 Å². The summed E-state index contributed by atoms with van der Waals surface area (Å²) >= 11 is 0. The van der Waals surface area contributed by atoms with Crippen molar-refractivity contribution in [2.45, 2.75) is 37.8 Å². The maximum absolute atomic E-state index is 4.96. The molecule has 2 N–H and O–H groups in total. The molecule has 4 heteroatoms. The Morgan fingerprint density at radius 2 is 2.00 bits per heavy atom. The van der Waals surface area contributed by atoms with E-state index < -0.39 is 0 Å². The van der Waals surface area contributed by atoms with Crippen molar-refractivity contribution in [2.24, 2.45) is 0 Å². The zero-order valence-electron chi connectivity index (χ0n) is 11.7. The smallest absolute Gasteiger partial charge is 0.0615 e. The molecule has 4 nitrogen and oxygen atoms in total. The first-order valence-electron chi connectivity index (χ1n) is 6.84. The molecule has 17 heavy (non-hydrogen) atoms. The van der Waals surface area contributed by atoms with Crippen LogP contribution in [0, 0.1) is 0 Å². The van der Waals surface area contributed by atoms with Crippen LogP contribution < -0.4 is 10.6 Å². The second-order valence-electron chi connectivity index (χ2n) is 5.11. The average Bonchev–Trinajstić information content (AvgIpc) is 2.84. The van der Waals surface area contributed by atoms with Crippen molar-refractivity contribution in [2.75, 3.05) is 47.4 Å². The highest BCUT2D eigenvalue weighted by atomic mass is 16.5. The number of piperidine rings is 1. The number of hydrogen-bond donors (Lipinski definition) is 2. The zero-order chi connectivity index (χ0) is 12.5. The first-order chi connectivity index (χ1) is 8.26. The highest BCUT2D eigenvalue weighted by Crippen LogP contribution is 2.06. The Labute approximate surface area is 106 Å². The molecular formula is C13H29N3O. The topological polar surface area (TPSA) is 36.5 Å².